The zero-order chi connectivity index (χ0) is 9.72. The molecule has 7 nitrogen and oxygen atoms in total. The van der Waals surface area contributed by atoms with Crippen molar-refractivity contribution in [1.29, 1.82) is 0 Å². The first-order valence-electron chi connectivity index (χ1n) is 3.33. The standard InChI is InChI=1S/C6H12O6.ClH.H2O/c7-1-3(9)5(11)6(12)4(10)2-8;;/h3,5-9,11-12H,1-2H2;1H;1H2/t3-,5-,6-;;/m1../s1. The van der Waals surface area contributed by atoms with Crippen LogP contribution in [0.3, 0.4) is 0 Å². The van der Waals surface area contributed by atoms with Crippen LogP contribution in [0.2, 0.25) is 0 Å². The SMILES string of the molecule is Cl.O.O=C(CO)[C@@H](O)[C@H](O)[C@H](O)CO. The Morgan fingerprint density at radius 2 is 1.57 bits per heavy atom. The summed E-state index contributed by atoms with van der Waals surface area (Å²) < 4.78 is 0. The maximum Gasteiger partial charge on any atom is 0.189 e. The van der Waals surface area contributed by atoms with E-state index in [2.05, 4.69) is 0 Å². The number of hydrogen-bond donors (Lipinski definition) is 5. The largest absolute Gasteiger partial charge is 0.412 e. The number of aliphatic hydroxyl groups excluding tert-OH is 5. The second kappa shape index (κ2) is 9.28. The van der Waals surface area contributed by atoms with Crippen LogP contribution < -0.4 is 0 Å². The van der Waals surface area contributed by atoms with E-state index in [0.29, 0.717) is 0 Å². The second-order valence-corrected chi connectivity index (χ2v) is 2.31. The average molecular weight is 235 g/mol. The summed E-state index contributed by atoms with van der Waals surface area (Å²) in [6.45, 7) is -1.69. The quantitative estimate of drug-likeness (QED) is 0.329. The van der Waals surface area contributed by atoms with Crippen molar-refractivity contribution in [3.05, 3.63) is 0 Å². The molecule has 0 unspecified atom stereocenters. The molecule has 0 rings (SSSR count). The minimum Gasteiger partial charge on any atom is -0.412 e. The maximum absolute atomic E-state index is 10.5. The Hall–Kier alpha value is -0.280. The highest BCUT2D eigenvalue weighted by Crippen LogP contribution is 2.00. The minimum absolute atomic E-state index is 0. The summed E-state index contributed by atoms with van der Waals surface area (Å²) in [5.74, 6) is -1.00. The zero-order valence-electron chi connectivity index (χ0n) is 7.20. The van der Waals surface area contributed by atoms with Gasteiger partial charge >= 0.3 is 0 Å². The van der Waals surface area contributed by atoms with Gasteiger partial charge in [0.15, 0.2) is 5.78 Å². The molecule has 0 saturated heterocycles. The van der Waals surface area contributed by atoms with E-state index in [0.717, 1.165) is 0 Å². The van der Waals surface area contributed by atoms with Crippen LogP contribution in [0.5, 0.6) is 0 Å². The lowest BCUT2D eigenvalue weighted by Crippen LogP contribution is -2.44. The van der Waals surface area contributed by atoms with Crippen LogP contribution in [-0.4, -0.2) is 68.3 Å². The Labute approximate surface area is 86.3 Å². The summed E-state index contributed by atoms with van der Waals surface area (Å²) >= 11 is 0. The summed E-state index contributed by atoms with van der Waals surface area (Å²) in [5, 5.41) is 43.1. The number of ketones is 1. The molecule has 0 aliphatic carbocycles. The molecule has 8 heteroatoms. The molecule has 88 valence electrons. The van der Waals surface area contributed by atoms with E-state index < -0.39 is 37.3 Å². The molecular weight excluding hydrogens is 220 g/mol. The van der Waals surface area contributed by atoms with Gasteiger partial charge in [-0.05, 0) is 0 Å². The van der Waals surface area contributed by atoms with Crippen LogP contribution >= 0.6 is 12.4 Å². The predicted octanol–water partition coefficient (Wildman–Crippen LogP) is -3.78. The highest BCUT2D eigenvalue weighted by molar-refractivity contribution is 5.85. The van der Waals surface area contributed by atoms with Gasteiger partial charge in [-0.2, -0.15) is 0 Å². The molecule has 14 heavy (non-hydrogen) atoms. The van der Waals surface area contributed by atoms with Crippen LogP contribution in [0.25, 0.3) is 0 Å². The highest BCUT2D eigenvalue weighted by atomic mass is 35.5. The number of rotatable bonds is 5. The van der Waals surface area contributed by atoms with Crippen LogP contribution in [0, 0.1) is 0 Å². The van der Waals surface area contributed by atoms with Gasteiger partial charge in [-0.1, -0.05) is 0 Å². The maximum atomic E-state index is 10.5. The van der Waals surface area contributed by atoms with Crippen LogP contribution in [0.4, 0.5) is 0 Å². The lowest BCUT2D eigenvalue weighted by Gasteiger charge is -2.19. The molecule has 3 atom stereocenters. The average Bonchev–Trinajstić information content (AvgIpc) is 2.12. The van der Waals surface area contributed by atoms with E-state index >= 15 is 0 Å². The monoisotopic (exact) mass is 234 g/mol. The van der Waals surface area contributed by atoms with Crippen molar-refractivity contribution in [2.75, 3.05) is 13.2 Å². The molecule has 0 heterocycles. The number of hydrogen-bond acceptors (Lipinski definition) is 6. The van der Waals surface area contributed by atoms with E-state index in [1.54, 1.807) is 0 Å². The number of carbonyl (C=O) groups excluding carboxylic acids is 1. The molecule has 0 bridgehead atoms. The third-order valence-electron chi connectivity index (χ3n) is 1.39. The van der Waals surface area contributed by atoms with E-state index in [4.69, 9.17) is 25.5 Å². The van der Waals surface area contributed by atoms with Crippen LogP contribution in [-0.2, 0) is 4.79 Å². The number of aliphatic hydroxyl groups is 5. The Kier molecular flexibility index (Phi) is 12.8. The van der Waals surface area contributed by atoms with Gasteiger partial charge in [0.2, 0.25) is 0 Å². The molecule has 0 aromatic heterocycles. The van der Waals surface area contributed by atoms with E-state index in [9.17, 15) is 4.79 Å². The van der Waals surface area contributed by atoms with Gasteiger partial charge in [0.1, 0.15) is 24.9 Å². The van der Waals surface area contributed by atoms with E-state index in [1.165, 1.54) is 0 Å². The van der Waals surface area contributed by atoms with E-state index in [-0.39, 0.29) is 17.9 Å². The third-order valence-corrected chi connectivity index (χ3v) is 1.39. The van der Waals surface area contributed by atoms with Crippen LogP contribution in [0.1, 0.15) is 0 Å². The van der Waals surface area contributed by atoms with Crippen molar-refractivity contribution in [2.45, 2.75) is 18.3 Å². The third kappa shape index (κ3) is 5.45. The smallest absolute Gasteiger partial charge is 0.189 e. The number of carbonyl (C=O) groups is 1. The van der Waals surface area contributed by atoms with Gasteiger partial charge in [-0.3, -0.25) is 4.79 Å². The van der Waals surface area contributed by atoms with Crippen molar-refractivity contribution in [2.24, 2.45) is 0 Å². The fourth-order valence-electron chi connectivity index (χ4n) is 0.602. The summed E-state index contributed by atoms with van der Waals surface area (Å²) in [6.07, 6.45) is -5.22. The topological polar surface area (TPSA) is 150 Å². The molecule has 7 N–H and O–H groups in total. The molecule has 0 aromatic rings. The molecule has 0 aromatic carbocycles. The Morgan fingerprint density at radius 1 is 1.14 bits per heavy atom. The first kappa shape index (κ1) is 19.3. The number of Topliss-reactive ketones (excluding diaryl/α,β-unsaturated/α-hetero) is 1. The molecule has 0 aliphatic heterocycles. The summed E-state index contributed by atoms with van der Waals surface area (Å²) in [7, 11) is 0. The van der Waals surface area contributed by atoms with Crippen molar-refractivity contribution >= 4 is 18.2 Å². The lowest BCUT2D eigenvalue weighted by atomic mass is 10.1. The van der Waals surface area contributed by atoms with Crippen LogP contribution in [0.15, 0.2) is 0 Å². The summed E-state index contributed by atoms with van der Waals surface area (Å²) in [4.78, 5) is 10.5. The Bertz CT molecular complexity index is 153. The minimum atomic E-state index is -1.86. The molecule has 0 spiro atoms. The number of halogens is 1. The Morgan fingerprint density at radius 3 is 1.86 bits per heavy atom. The zero-order valence-corrected chi connectivity index (χ0v) is 8.02. The normalized spacial score (nSPS) is 15.8. The van der Waals surface area contributed by atoms with Gasteiger partial charge < -0.3 is 31.0 Å². The van der Waals surface area contributed by atoms with Crippen molar-refractivity contribution in [3.8, 4) is 0 Å². The van der Waals surface area contributed by atoms with E-state index in [1.807, 2.05) is 0 Å². The predicted molar refractivity (Wildman–Crippen MR) is 48.1 cm³/mol. The molecule has 0 radical (unpaired) electrons. The Balaban J connectivity index is -0.000000605. The molecule has 0 amide bonds. The fraction of sp³-hybridized carbons (Fsp3) is 0.833. The van der Waals surface area contributed by atoms with Gasteiger partial charge in [-0.25, -0.2) is 0 Å². The molecular formula is C6H15ClO7. The van der Waals surface area contributed by atoms with Gasteiger partial charge in [0, 0.05) is 0 Å². The summed E-state index contributed by atoms with van der Waals surface area (Å²) in [6, 6.07) is 0. The van der Waals surface area contributed by atoms with Gasteiger partial charge in [0.25, 0.3) is 0 Å². The van der Waals surface area contributed by atoms with Gasteiger partial charge in [-0.15, -0.1) is 12.4 Å². The first-order valence-corrected chi connectivity index (χ1v) is 3.33. The first-order chi connectivity index (χ1) is 5.54. The highest BCUT2D eigenvalue weighted by Gasteiger charge is 2.28. The summed E-state index contributed by atoms with van der Waals surface area (Å²) in [5.41, 5.74) is 0. The van der Waals surface area contributed by atoms with Crippen molar-refractivity contribution < 1.29 is 35.8 Å². The van der Waals surface area contributed by atoms with Gasteiger partial charge in [0.05, 0.1) is 6.61 Å². The fourth-order valence-corrected chi connectivity index (χ4v) is 0.602. The second-order valence-electron chi connectivity index (χ2n) is 2.31. The van der Waals surface area contributed by atoms with Crippen molar-refractivity contribution in [1.82, 2.24) is 0 Å². The molecule has 0 fully saturated rings. The molecule has 0 saturated carbocycles. The lowest BCUT2D eigenvalue weighted by molar-refractivity contribution is -0.142. The van der Waals surface area contributed by atoms with Crippen molar-refractivity contribution in [3.63, 3.8) is 0 Å². The molecule has 0 aliphatic rings.